The van der Waals surface area contributed by atoms with E-state index in [4.69, 9.17) is 10.2 Å². The van der Waals surface area contributed by atoms with Gasteiger partial charge in [0.15, 0.2) is 0 Å². The average Bonchev–Trinajstić information content (AvgIpc) is 2.05. The van der Waals surface area contributed by atoms with Gasteiger partial charge in [0.2, 0.25) is 0 Å². The molecule has 0 atom stereocenters. The van der Waals surface area contributed by atoms with Crippen LogP contribution in [0.3, 0.4) is 0 Å². The van der Waals surface area contributed by atoms with Crippen molar-refractivity contribution in [3.8, 4) is 0 Å². The van der Waals surface area contributed by atoms with Gasteiger partial charge in [-0.25, -0.2) is 0 Å². The number of hydrogen-bond acceptors (Lipinski definition) is 2. The molecule has 1 aromatic rings. The zero-order valence-electron chi connectivity index (χ0n) is 6.77. The minimum absolute atomic E-state index is 0. The van der Waals surface area contributed by atoms with Crippen LogP contribution < -0.4 is 0 Å². The zero-order chi connectivity index (χ0) is 7.40. The standard InChI is InChI=1S/C8H10O2.2Ac/c9-5-7-1-2-8(6-10)4-3-7;;/h1-4,9-10H,5-6H2;;. The molecule has 4 heteroatoms. The van der Waals surface area contributed by atoms with Crippen LogP contribution in [0.15, 0.2) is 24.3 Å². The largest absolute Gasteiger partial charge is 0.392 e. The Kier molecular flexibility index (Phi) is 13.1. The summed E-state index contributed by atoms with van der Waals surface area (Å²) in [5.41, 5.74) is 1.74. The fraction of sp³-hybridized carbons (Fsp3) is 0.250. The van der Waals surface area contributed by atoms with E-state index in [0.717, 1.165) is 11.1 Å². The normalized spacial score (nSPS) is 8.17. The van der Waals surface area contributed by atoms with E-state index in [9.17, 15) is 0 Å². The summed E-state index contributed by atoms with van der Waals surface area (Å²) in [7, 11) is 0. The monoisotopic (exact) mass is 592 g/mol. The predicted molar refractivity (Wildman–Crippen MR) is 38.3 cm³/mol. The van der Waals surface area contributed by atoms with E-state index in [1.807, 2.05) is 0 Å². The topological polar surface area (TPSA) is 40.5 Å². The van der Waals surface area contributed by atoms with Crippen LogP contribution in [0.25, 0.3) is 0 Å². The number of aliphatic hydroxyl groups excluding tert-OH is 2. The second kappa shape index (κ2) is 9.57. The summed E-state index contributed by atoms with van der Waals surface area (Å²) in [5, 5.41) is 17.3. The third kappa shape index (κ3) is 5.69. The first-order valence-corrected chi connectivity index (χ1v) is 3.16. The first-order valence-electron chi connectivity index (χ1n) is 3.16. The average molecular weight is 592 g/mol. The molecule has 0 spiro atoms. The Morgan fingerprint density at radius 1 is 0.750 bits per heavy atom. The van der Waals surface area contributed by atoms with Crippen molar-refractivity contribution in [2.45, 2.75) is 13.2 Å². The van der Waals surface area contributed by atoms with Crippen LogP contribution in [-0.2, 0) is 13.2 Å². The summed E-state index contributed by atoms with van der Waals surface area (Å²) in [6.07, 6.45) is 0. The smallest absolute Gasteiger partial charge is 0.0681 e. The van der Waals surface area contributed by atoms with Crippen molar-refractivity contribution in [3.05, 3.63) is 35.4 Å². The summed E-state index contributed by atoms with van der Waals surface area (Å²) in [6.45, 7) is 0.122. The molecule has 0 fully saturated rings. The Morgan fingerprint density at radius 3 is 1.17 bits per heavy atom. The number of aliphatic hydroxyl groups is 2. The molecular formula is C8H10Ac2O2. The Balaban J connectivity index is 0. The van der Waals surface area contributed by atoms with Crippen LogP contribution in [0.1, 0.15) is 11.1 Å². The second-order valence-corrected chi connectivity index (χ2v) is 2.13. The third-order valence-electron chi connectivity index (χ3n) is 1.39. The third-order valence-corrected chi connectivity index (χ3v) is 1.39. The van der Waals surface area contributed by atoms with E-state index in [2.05, 4.69) is 0 Å². The van der Waals surface area contributed by atoms with Gasteiger partial charge in [-0.1, -0.05) is 24.3 Å². The van der Waals surface area contributed by atoms with E-state index in [1.54, 1.807) is 24.3 Å². The summed E-state index contributed by atoms with van der Waals surface area (Å²) < 4.78 is 0. The Bertz CT molecular complexity index is 176. The van der Waals surface area contributed by atoms with Crippen LogP contribution in [0.4, 0.5) is 0 Å². The van der Waals surface area contributed by atoms with Crippen LogP contribution in [0.5, 0.6) is 0 Å². The molecule has 0 heterocycles. The van der Waals surface area contributed by atoms with Crippen LogP contribution in [0, 0.1) is 88.1 Å². The van der Waals surface area contributed by atoms with Crippen LogP contribution in [0.2, 0.25) is 0 Å². The van der Waals surface area contributed by atoms with Crippen LogP contribution >= 0.6 is 0 Å². The maximum Gasteiger partial charge on any atom is 0.0681 e. The van der Waals surface area contributed by atoms with Gasteiger partial charge in [-0.05, 0) is 11.1 Å². The van der Waals surface area contributed by atoms with Gasteiger partial charge in [-0.3, -0.25) is 0 Å². The Morgan fingerprint density at radius 2 is 1.00 bits per heavy atom. The van der Waals surface area contributed by atoms with Gasteiger partial charge in [0.25, 0.3) is 0 Å². The van der Waals surface area contributed by atoms with Gasteiger partial charge < -0.3 is 10.2 Å². The fourth-order valence-electron chi connectivity index (χ4n) is 0.750. The van der Waals surface area contributed by atoms with Crippen molar-refractivity contribution in [2.24, 2.45) is 0 Å². The molecule has 2 nitrogen and oxygen atoms in total. The SMILES string of the molecule is OCc1ccc(CO)cc1.[Ac].[Ac]. The fourth-order valence-corrected chi connectivity index (χ4v) is 0.750. The molecule has 0 unspecified atom stereocenters. The minimum Gasteiger partial charge on any atom is -0.392 e. The molecule has 60 valence electrons. The summed E-state index contributed by atoms with van der Waals surface area (Å²) in [6, 6.07) is 7.19. The van der Waals surface area contributed by atoms with Crippen LogP contribution in [-0.4, -0.2) is 10.2 Å². The van der Waals surface area contributed by atoms with Crippen molar-refractivity contribution in [2.75, 3.05) is 0 Å². The van der Waals surface area contributed by atoms with Gasteiger partial charge in [0.1, 0.15) is 0 Å². The van der Waals surface area contributed by atoms with Gasteiger partial charge in [0, 0.05) is 88.1 Å². The molecule has 0 saturated heterocycles. The van der Waals surface area contributed by atoms with Crippen molar-refractivity contribution < 1.29 is 98.3 Å². The Hall–Kier alpha value is 2.02. The predicted octanol–water partition coefficient (Wildman–Crippen LogP) is 0.671. The van der Waals surface area contributed by atoms with E-state index >= 15 is 0 Å². The van der Waals surface area contributed by atoms with Crippen molar-refractivity contribution in [1.82, 2.24) is 0 Å². The molecule has 12 heavy (non-hydrogen) atoms. The van der Waals surface area contributed by atoms with Gasteiger partial charge in [0.05, 0.1) is 13.2 Å². The quantitative estimate of drug-likeness (QED) is 0.531. The molecule has 0 amide bonds. The summed E-state index contributed by atoms with van der Waals surface area (Å²) in [4.78, 5) is 0. The zero-order valence-corrected chi connectivity index (χ0v) is 16.3. The van der Waals surface area contributed by atoms with Crippen molar-refractivity contribution in [1.29, 1.82) is 0 Å². The molecule has 1 rings (SSSR count). The molecule has 0 aliphatic heterocycles. The van der Waals surface area contributed by atoms with E-state index in [-0.39, 0.29) is 101 Å². The molecular weight excluding hydrogens is 582 g/mol. The van der Waals surface area contributed by atoms with Crippen molar-refractivity contribution in [3.63, 3.8) is 0 Å². The van der Waals surface area contributed by atoms with E-state index in [0.29, 0.717) is 0 Å². The first-order chi connectivity index (χ1) is 4.86. The van der Waals surface area contributed by atoms with E-state index in [1.165, 1.54) is 0 Å². The van der Waals surface area contributed by atoms with Crippen molar-refractivity contribution >= 4 is 0 Å². The van der Waals surface area contributed by atoms with Gasteiger partial charge in [-0.15, -0.1) is 0 Å². The number of hydrogen-bond donors (Lipinski definition) is 2. The maximum absolute atomic E-state index is 8.64. The van der Waals surface area contributed by atoms with Gasteiger partial charge in [-0.2, -0.15) is 0 Å². The molecule has 0 aliphatic rings. The molecule has 2 N–H and O–H groups in total. The second-order valence-electron chi connectivity index (χ2n) is 2.13. The number of benzene rings is 1. The minimum atomic E-state index is 0. The summed E-state index contributed by atoms with van der Waals surface area (Å²) >= 11 is 0. The Labute approximate surface area is 144 Å². The van der Waals surface area contributed by atoms with Gasteiger partial charge >= 0.3 is 0 Å². The molecule has 2 radical (unpaired) electrons. The summed E-state index contributed by atoms with van der Waals surface area (Å²) in [5.74, 6) is 0. The van der Waals surface area contributed by atoms with E-state index < -0.39 is 0 Å². The number of rotatable bonds is 2. The molecule has 0 aromatic heterocycles. The molecule has 1 aromatic carbocycles. The maximum atomic E-state index is 8.64. The first kappa shape index (κ1) is 16.5. The molecule has 0 saturated carbocycles. The molecule has 0 bridgehead atoms. The molecule has 0 aliphatic carbocycles.